The first-order valence-corrected chi connectivity index (χ1v) is 16.5. The molecule has 0 atom stereocenters. The van der Waals surface area contributed by atoms with Crippen LogP contribution >= 0.6 is 11.3 Å². The minimum atomic E-state index is -4.62. The van der Waals surface area contributed by atoms with E-state index in [1.807, 2.05) is 11.8 Å². The lowest BCUT2D eigenvalue weighted by Crippen LogP contribution is -2.46. The minimum Gasteiger partial charge on any atom is -0.369 e. The van der Waals surface area contributed by atoms with Gasteiger partial charge in [-0.05, 0) is 69.1 Å². The molecular formula is C33H36F3N9O2S. The van der Waals surface area contributed by atoms with Gasteiger partial charge in [0.1, 0.15) is 22.3 Å². The number of amides is 2. The largest absolute Gasteiger partial charge is 0.416 e. The number of aryl methyl sites for hydroxylation is 2. The summed E-state index contributed by atoms with van der Waals surface area (Å²) in [5.41, 5.74) is 0.834. The molecule has 1 aliphatic carbocycles. The lowest BCUT2D eigenvalue weighted by molar-refractivity contribution is -0.137. The van der Waals surface area contributed by atoms with Crippen molar-refractivity contribution < 1.29 is 22.8 Å². The maximum atomic E-state index is 13.9. The van der Waals surface area contributed by atoms with Crippen molar-refractivity contribution in [3.8, 4) is 0 Å². The van der Waals surface area contributed by atoms with Crippen LogP contribution in [0.5, 0.6) is 0 Å². The van der Waals surface area contributed by atoms with Crippen molar-refractivity contribution in [3.05, 3.63) is 76.1 Å². The first kappa shape index (κ1) is 33.2. The number of nitrogens with zero attached hydrogens (tertiary/aromatic N) is 5. The molecule has 252 valence electrons. The van der Waals surface area contributed by atoms with E-state index in [4.69, 9.17) is 0 Å². The van der Waals surface area contributed by atoms with E-state index in [0.717, 1.165) is 67.3 Å². The van der Waals surface area contributed by atoms with Gasteiger partial charge in [-0.2, -0.15) is 13.2 Å². The molecule has 0 radical (unpaired) electrons. The predicted molar refractivity (Wildman–Crippen MR) is 182 cm³/mol. The summed E-state index contributed by atoms with van der Waals surface area (Å²) in [6.07, 6.45) is -0.944. The number of rotatable bonds is 10. The number of hydrogen-bond acceptors (Lipinski definition) is 10. The Morgan fingerprint density at radius 2 is 1.69 bits per heavy atom. The molecule has 2 amide bonds. The molecule has 1 aliphatic heterocycles. The van der Waals surface area contributed by atoms with Crippen LogP contribution in [0.4, 0.5) is 47.0 Å². The summed E-state index contributed by atoms with van der Waals surface area (Å²) < 4.78 is 41.6. The fourth-order valence-corrected chi connectivity index (χ4v) is 6.04. The van der Waals surface area contributed by atoms with Gasteiger partial charge in [0, 0.05) is 60.9 Å². The lowest BCUT2D eigenvalue weighted by Gasteiger charge is -2.36. The zero-order valence-corrected chi connectivity index (χ0v) is 27.6. The molecular weight excluding hydrogens is 643 g/mol. The molecule has 0 bridgehead atoms. The van der Waals surface area contributed by atoms with E-state index in [9.17, 15) is 22.8 Å². The van der Waals surface area contributed by atoms with E-state index in [0.29, 0.717) is 57.8 Å². The molecule has 2 fully saturated rings. The Hall–Kier alpha value is -4.76. The number of anilines is 6. The molecule has 2 aromatic carbocycles. The molecule has 48 heavy (non-hydrogen) atoms. The average molecular weight is 680 g/mol. The van der Waals surface area contributed by atoms with Crippen LogP contribution in [0, 0.1) is 13.8 Å². The van der Waals surface area contributed by atoms with Gasteiger partial charge in [-0.1, -0.05) is 24.3 Å². The Balaban J connectivity index is 1.14. The summed E-state index contributed by atoms with van der Waals surface area (Å²) >= 11 is 1.15. The van der Waals surface area contributed by atoms with Gasteiger partial charge in [-0.15, -0.1) is 0 Å². The van der Waals surface area contributed by atoms with Gasteiger partial charge in [0.25, 0.3) is 11.8 Å². The Bertz CT molecular complexity index is 1820. The number of hydrogen-bond donors (Lipinski definition) is 4. The number of halogens is 3. The van der Waals surface area contributed by atoms with Crippen LogP contribution in [0.2, 0.25) is 0 Å². The van der Waals surface area contributed by atoms with Crippen LogP contribution in [0.15, 0.2) is 48.7 Å². The van der Waals surface area contributed by atoms with Gasteiger partial charge >= 0.3 is 6.18 Å². The van der Waals surface area contributed by atoms with Gasteiger partial charge in [-0.25, -0.2) is 15.0 Å². The third-order valence-electron chi connectivity index (χ3n) is 8.17. The maximum Gasteiger partial charge on any atom is 0.416 e. The molecule has 0 spiro atoms. The normalized spacial score (nSPS) is 15.2. The Kier molecular flexibility index (Phi) is 9.51. The van der Waals surface area contributed by atoms with Gasteiger partial charge < -0.3 is 31.1 Å². The van der Waals surface area contributed by atoms with Crippen LogP contribution in [0.25, 0.3) is 0 Å². The Labute approximate surface area is 280 Å². The van der Waals surface area contributed by atoms with Crippen LogP contribution in [-0.4, -0.2) is 70.4 Å². The first-order chi connectivity index (χ1) is 22.9. The Morgan fingerprint density at radius 3 is 2.40 bits per heavy atom. The number of nitrogens with one attached hydrogen (secondary N) is 4. The molecule has 2 aromatic heterocycles. The molecule has 4 N–H and O–H groups in total. The van der Waals surface area contributed by atoms with Gasteiger partial charge in [0.15, 0.2) is 5.13 Å². The molecule has 3 heterocycles. The highest BCUT2D eigenvalue weighted by Gasteiger charge is 2.33. The number of piperazine rings is 1. The second kappa shape index (κ2) is 13.8. The second-order valence-corrected chi connectivity index (χ2v) is 12.9. The lowest BCUT2D eigenvalue weighted by atomic mass is 10.1. The third-order valence-corrected chi connectivity index (χ3v) is 9.08. The molecule has 2 aliphatic rings. The molecule has 0 unspecified atom stereocenters. The predicted octanol–water partition coefficient (Wildman–Crippen LogP) is 6.53. The van der Waals surface area contributed by atoms with Crippen LogP contribution in [0.1, 0.15) is 56.7 Å². The standard InChI is InChI=1S/C33H36F3N9O2S/c1-4-44-9-11-45(12-10-44)25-14-21(13-22(15-25)33(34,35)36)30(46)41-24-6-5-19(2)26(16-24)42-31(47)27-18-37-32(48-27)43-29-17-28(38-20(3)39-29)40-23-7-8-23/h5-6,13-18,23H,4,7-12H2,1-3H3,(H,41,46)(H,42,47)(H2,37,38,39,40,43). The van der Waals surface area contributed by atoms with E-state index >= 15 is 0 Å². The molecule has 1 saturated heterocycles. The van der Waals surface area contributed by atoms with Crippen LogP contribution in [-0.2, 0) is 6.18 Å². The molecule has 15 heteroatoms. The fourth-order valence-electron chi connectivity index (χ4n) is 5.32. The second-order valence-electron chi connectivity index (χ2n) is 11.9. The van der Waals surface area contributed by atoms with E-state index in [1.165, 1.54) is 12.3 Å². The number of likely N-dealkylation sites (N-methyl/N-ethyl adjacent to an activating group) is 1. The van der Waals surface area contributed by atoms with Crippen molar-refractivity contribution in [2.24, 2.45) is 0 Å². The summed E-state index contributed by atoms with van der Waals surface area (Å²) in [6, 6.07) is 10.6. The maximum absolute atomic E-state index is 13.9. The Morgan fingerprint density at radius 1 is 0.938 bits per heavy atom. The van der Waals surface area contributed by atoms with Crippen molar-refractivity contribution >= 4 is 57.0 Å². The van der Waals surface area contributed by atoms with E-state index in [1.54, 1.807) is 38.1 Å². The van der Waals surface area contributed by atoms with Gasteiger partial charge in [0.2, 0.25) is 0 Å². The topological polar surface area (TPSA) is 127 Å². The number of carbonyl (C=O) groups is 2. The zero-order chi connectivity index (χ0) is 34.0. The molecule has 1 saturated carbocycles. The van der Waals surface area contributed by atoms with Crippen molar-refractivity contribution in [2.75, 3.05) is 58.9 Å². The first-order valence-electron chi connectivity index (χ1n) is 15.7. The van der Waals surface area contributed by atoms with Crippen molar-refractivity contribution in [3.63, 3.8) is 0 Å². The van der Waals surface area contributed by atoms with Crippen molar-refractivity contribution in [1.82, 2.24) is 19.9 Å². The van der Waals surface area contributed by atoms with E-state index in [-0.39, 0.29) is 5.56 Å². The molecule has 4 aromatic rings. The zero-order valence-electron chi connectivity index (χ0n) is 26.7. The molecule has 6 rings (SSSR count). The summed E-state index contributed by atoms with van der Waals surface area (Å²) in [6.45, 7) is 9.09. The summed E-state index contributed by atoms with van der Waals surface area (Å²) in [5, 5.41) is 12.5. The average Bonchev–Trinajstić information content (AvgIpc) is 3.74. The van der Waals surface area contributed by atoms with E-state index < -0.39 is 23.6 Å². The van der Waals surface area contributed by atoms with Gasteiger partial charge in [-0.3, -0.25) is 9.59 Å². The highest BCUT2D eigenvalue weighted by atomic mass is 32.1. The quantitative estimate of drug-likeness (QED) is 0.148. The van der Waals surface area contributed by atoms with Crippen molar-refractivity contribution in [1.29, 1.82) is 0 Å². The SMILES string of the molecule is CCN1CCN(c2cc(C(=O)Nc3ccc(C)c(NC(=O)c4cnc(Nc5cc(NC6CC6)nc(C)n5)s4)c3)cc(C(F)(F)F)c2)CC1. The minimum absolute atomic E-state index is 0.108. The summed E-state index contributed by atoms with van der Waals surface area (Å²) in [7, 11) is 0. The number of thiazole rings is 1. The van der Waals surface area contributed by atoms with Crippen LogP contribution in [0.3, 0.4) is 0 Å². The van der Waals surface area contributed by atoms with E-state index in [2.05, 4.69) is 41.1 Å². The van der Waals surface area contributed by atoms with Crippen LogP contribution < -0.4 is 26.2 Å². The van der Waals surface area contributed by atoms with Crippen molar-refractivity contribution in [2.45, 2.75) is 45.8 Å². The molecule has 11 nitrogen and oxygen atoms in total. The third kappa shape index (κ3) is 8.20. The summed E-state index contributed by atoms with van der Waals surface area (Å²) in [5.74, 6) is 0.776. The number of alkyl halides is 3. The fraction of sp³-hybridized carbons (Fsp3) is 0.364. The highest BCUT2D eigenvalue weighted by Crippen LogP contribution is 2.34. The van der Waals surface area contributed by atoms with Gasteiger partial charge in [0.05, 0.1) is 11.8 Å². The summed E-state index contributed by atoms with van der Waals surface area (Å²) in [4.78, 5) is 44.0. The number of carbonyl (C=O) groups excluding carboxylic acids is 2. The smallest absolute Gasteiger partial charge is 0.369 e. The highest BCUT2D eigenvalue weighted by molar-refractivity contribution is 7.17. The number of aromatic nitrogens is 3. The monoisotopic (exact) mass is 679 g/mol. The number of benzene rings is 2.